The van der Waals surface area contributed by atoms with Crippen LogP contribution in [0.3, 0.4) is 0 Å². The summed E-state index contributed by atoms with van der Waals surface area (Å²) in [6, 6.07) is 7.31. The Bertz CT molecular complexity index is 1280. The van der Waals surface area contributed by atoms with Crippen molar-refractivity contribution < 1.29 is 26.7 Å². The Kier molecular flexibility index (Phi) is 7.00. The number of amides is 1. The Morgan fingerprint density at radius 1 is 1.11 bits per heavy atom. The number of sulfonamides is 1. The van der Waals surface area contributed by atoms with Gasteiger partial charge in [-0.15, -0.1) is 0 Å². The molecule has 0 bridgehead atoms. The summed E-state index contributed by atoms with van der Waals surface area (Å²) < 4.78 is 61.1. The summed E-state index contributed by atoms with van der Waals surface area (Å²) >= 11 is 6.23. The molecule has 3 aliphatic rings. The Balaban J connectivity index is 1.32. The highest BCUT2D eigenvalue weighted by Gasteiger charge is 2.38. The fourth-order valence-electron chi connectivity index (χ4n) is 4.71. The average Bonchev–Trinajstić information content (AvgIpc) is 3.70. The number of benzene rings is 2. The minimum absolute atomic E-state index is 0.156. The normalized spacial score (nSPS) is 22.9. The van der Waals surface area contributed by atoms with Crippen molar-refractivity contribution in [1.82, 2.24) is 9.62 Å². The van der Waals surface area contributed by atoms with Gasteiger partial charge in [-0.05, 0) is 80.7 Å². The molecule has 1 aliphatic heterocycles. The van der Waals surface area contributed by atoms with Crippen LogP contribution in [0.2, 0.25) is 5.02 Å². The van der Waals surface area contributed by atoms with Crippen molar-refractivity contribution >= 4 is 27.5 Å². The molecule has 3 fully saturated rings. The molecule has 194 valence electrons. The lowest BCUT2D eigenvalue weighted by Crippen LogP contribution is -2.45. The SMILES string of the molecule is C[C@@H]1CCC(Oc2cc(F)c(C(=O)NS(=O)(=O)C3CC3)cc2C2CC2)CN1Cc1ccc(F)cc1Cl. The van der Waals surface area contributed by atoms with Gasteiger partial charge in [-0.3, -0.25) is 9.69 Å². The van der Waals surface area contributed by atoms with E-state index in [0.29, 0.717) is 36.7 Å². The van der Waals surface area contributed by atoms with E-state index in [9.17, 15) is 17.6 Å². The summed E-state index contributed by atoms with van der Waals surface area (Å²) in [5.74, 6) is -1.58. The Morgan fingerprint density at radius 3 is 2.53 bits per heavy atom. The van der Waals surface area contributed by atoms with Crippen LogP contribution in [0.5, 0.6) is 5.75 Å². The summed E-state index contributed by atoms with van der Waals surface area (Å²) in [5, 5.41) is -0.197. The van der Waals surface area contributed by atoms with E-state index in [0.717, 1.165) is 36.8 Å². The third-order valence-corrected chi connectivity index (χ3v) is 9.38. The average molecular weight is 539 g/mol. The Morgan fingerprint density at radius 2 is 1.86 bits per heavy atom. The fourth-order valence-corrected chi connectivity index (χ4v) is 6.23. The molecule has 2 atom stereocenters. The largest absolute Gasteiger partial charge is 0.489 e. The van der Waals surface area contributed by atoms with E-state index in [2.05, 4.69) is 11.8 Å². The molecule has 36 heavy (non-hydrogen) atoms. The first-order valence-electron chi connectivity index (χ1n) is 12.3. The van der Waals surface area contributed by atoms with Crippen molar-refractivity contribution in [3.63, 3.8) is 0 Å². The minimum atomic E-state index is -3.78. The number of ether oxygens (including phenoxy) is 1. The van der Waals surface area contributed by atoms with E-state index in [1.807, 2.05) is 4.72 Å². The minimum Gasteiger partial charge on any atom is -0.489 e. The third kappa shape index (κ3) is 5.68. The van der Waals surface area contributed by atoms with Crippen LogP contribution in [0, 0.1) is 11.6 Å². The van der Waals surface area contributed by atoms with E-state index >= 15 is 4.39 Å². The molecule has 2 aliphatic carbocycles. The Labute approximate surface area is 215 Å². The van der Waals surface area contributed by atoms with Gasteiger partial charge in [-0.1, -0.05) is 17.7 Å². The molecule has 1 N–H and O–H groups in total. The second kappa shape index (κ2) is 9.91. The van der Waals surface area contributed by atoms with Gasteiger partial charge in [0.15, 0.2) is 0 Å². The molecule has 2 aromatic carbocycles. The van der Waals surface area contributed by atoms with E-state index in [1.54, 1.807) is 6.07 Å². The predicted molar refractivity (Wildman–Crippen MR) is 133 cm³/mol. The van der Waals surface area contributed by atoms with Crippen LogP contribution in [0.1, 0.15) is 72.9 Å². The maximum Gasteiger partial charge on any atom is 0.267 e. The summed E-state index contributed by atoms with van der Waals surface area (Å²) in [4.78, 5) is 14.8. The van der Waals surface area contributed by atoms with E-state index < -0.39 is 27.0 Å². The molecule has 1 amide bonds. The molecule has 0 spiro atoms. The lowest BCUT2D eigenvalue weighted by molar-refractivity contribution is 0.0502. The van der Waals surface area contributed by atoms with Gasteiger partial charge >= 0.3 is 0 Å². The van der Waals surface area contributed by atoms with Crippen molar-refractivity contribution in [2.75, 3.05) is 6.54 Å². The van der Waals surface area contributed by atoms with Crippen LogP contribution < -0.4 is 9.46 Å². The van der Waals surface area contributed by atoms with Crippen molar-refractivity contribution in [1.29, 1.82) is 0 Å². The Hall–Kier alpha value is -2.23. The highest BCUT2D eigenvalue weighted by atomic mass is 35.5. The predicted octanol–water partition coefficient (Wildman–Crippen LogP) is 5.15. The highest BCUT2D eigenvalue weighted by molar-refractivity contribution is 7.91. The number of carbonyl (C=O) groups is 1. The van der Waals surface area contributed by atoms with Gasteiger partial charge in [0.05, 0.1) is 10.8 Å². The second-order valence-corrected chi connectivity index (χ2v) is 12.5. The van der Waals surface area contributed by atoms with Crippen LogP contribution in [0.25, 0.3) is 0 Å². The lowest BCUT2D eigenvalue weighted by Gasteiger charge is -2.38. The monoisotopic (exact) mass is 538 g/mol. The van der Waals surface area contributed by atoms with E-state index in [-0.39, 0.29) is 29.4 Å². The topological polar surface area (TPSA) is 75.7 Å². The molecule has 10 heteroatoms. The van der Waals surface area contributed by atoms with Crippen molar-refractivity contribution in [3.8, 4) is 5.75 Å². The van der Waals surface area contributed by atoms with Gasteiger partial charge in [0, 0.05) is 30.2 Å². The summed E-state index contributed by atoms with van der Waals surface area (Å²) in [7, 11) is -3.78. The van der Waals surface area contributed by atoms with Gasteiger partial charge in [0.1, 0.15) is 23.5 Å². The molecule has 0 aromatic heterocycles. The van der Waals surface area contributed by atoms with Crippen molar-refractivity contribution in [2.45, 2.75) is 75.3 Å². The zero-order valence-electron chi connectivity index (χ0n) is 20.0. The summed E-state index contributed by atoms with van der Waals surface area (Å²) in [6.45, 7) is 3.24. The molecule has 2 saturated carbocycles. The van der Waals surface area contributed by atoms with Gasteiger partial charge in [-0.2, -0.15) is 0 Å². The third-order valence-electron chi connectivity index (χ3n) is 7.21. The van der Waals surface area contributed by atoms with Crippen LogP contribution in [0.15, 0.2) is 30.3 Å². The van der Waals surface area contributed by atoms with E-state index in [4.69, 9.17) is 16.3 Å². The molecule has 1 heterocycles. The quantitative estimate of drug-likeness (QED) is 0.503. The summed E-state index contributed by atoms with van der Waals surface area (Å²) in [5.41, 5.74) is 1.28. The van der Waals surface area contributed by atoms with Crippen LogP contribution in [-0.4, -0.2) is 43.2 Å². The maximum atomic E-state index is 15.0. The standard InChI is InChI=1S/C26H29ClF2N2O4S/c1-15-2-7-19(14-31(15)13-17-5-6-18(28)10-23(17)27)35-25-12-24(29)22(11-21(25)16-3-4-16)26(32)30-36(33,34)20-8-9-20/h5-6,10-12,15-16,19-20H,2-4,7-9,13-14H2,1H3,(H,30,32)/t15-,19?/m1/s1. The first-order valence-corrected chi connectivity index (χ1v) is 14.3. The molecule has 6 nitrogen and oxygen atoms in total. The molecular formula is C26H29ClF2N2O4S. The summed E-state index contributed by atoms with van der Waals surface area (Å²) in [6.07, 6.45) is 4.27. The number of likely N-dealkylation sites (tertiary alicyclic amines) is 1. The second-order valence-electron chi connectivity index (χ2n) is 10.2. The zero-order valence-corrected chi connectivity index (χ0v) is 21.5. The lowest BCUT2D eigenvalue weighted by atomic mass is 9.99. The zero-order chi connectivity index (χ0) is 25.6. The molecule has 1 saturated heterocycles. The first kappa shape index (κ1) is 25.4. The number of hydrogen-bond acceptors (Lipinski definition) is 5. The molecule has 0 radical (unpaired) electrons. The van der Waals surface area contributed by atoms with Gasteiger partial charge in [0.25, 0.3) is 5.91 Å². The van der Waals surface area contributed by atoms with Crippen molar-refractivity contribution in [2.24, 2.45) is 0 Å². The smallest absolute Gasteiger partial charge is 0.267 e. The van der Waals surface area contributed by atoms with E-state index in [1.165, 1.54) is 24.3 Å². The van der Waals surface area contributed by atoms with Gasteiger partial charge in [-0.25, -0.2) is 21.9 Å². The number of nitrogens with one attached hydrogen (secondary N) is 1. The number of nitrogens with zero attached hydrogens (tertiary/aromatic N) is 1. The number of piperidine rings is 1. The van der Waals surface area contributed by atoms with Crippen molar-refractivity contribution in [3.05, 3.63) is 63.7 Å². The molecule has 2 aromatic rings. The van der Waals surface area contributed by atoms with Crippen LogP contribution >= 0.6 is 11.6 Å². The van der Waals surface area contributed by atoms with Gasteiger partial charge in [0.2, 0.25) is 10.0 Å². The number of carbonyl (C=O) groups excluding carboxylic acids is 1. The first-order chi connectivity index (χ1) is 17.1. The van der Waals surface area contributed by atoms with Crippen LogP contribution in [0.4, 0.5) is 8.78 Å². The maximum absolute atomic E-state index is 15.0. The fraction of sp³-hybridized carbons (Fsp3) is 0.500. The molecule has 1 unspecified atom stereocenters. The molecule has 5 rings (SSSR count). The number of halogens is 3. The number of hydrogen-bond donors (Lipinski definition) is 1. The highest BCUT2D eigenvalue weighted by Crippen LogP contribution is 2.45. The van der Waals surface area contributed by atoms with Crippen LogP contribution in [-0.2, 0) is 16.6 Å². The molecular weight excluding hydrogens is 510 g/mol. The van der Waals surface area contributed by atoms with Gasteiger partial charge < -0.3 is 4.74 Å². The number of rotatable bonds is 8.